The van der Waals surface area contributed by atoms with Crippen molar-refractivity contribution in [2.45, 2.75) is 12.8 Å². The molecular formula is C8H10O3. The lowest BCUT2D eigenvalue weighted by Gasteiger charge is -2.63. The highest BCUT2D eigenvalue weighted by Crippen LogP contribution is 2.68. The molecule has 0 heterocycles. The molecule has 3 aliphatic rings. The zero-order valence-electron chi connectivity index (χ0n) is 6.37. The smallest absolute Gasteiger partial charge is 0.312 e. The molecule has 11 heavy (non-hydrogen) atoms. The van der Waals surface area contributed by atoms with Crippen LogP contribution in [0.25, 0.3) is 0 Å². The molecule has 3 rings (SSSR count). The molecule has 2 bridgehead atoms. The predicted molar refractivity (Wildman–Crippen MR) is 36.7 cm³/mol. The summed E-state index contributed by atoms with van der Waals surface area (Å²) in [6.45, 7) is 0. The average Bonchev–Trinajstić information content (AvgIpc) is 1.83. The van der Waals surface area contributed by atoms with Crippen molar-refractivity contribution in [1.82, 2.24) is 0 Å². The lowest BCUT2D eigenvalue weighted by Crippen LogP contribution is -2.66. The number of aldehydes is 1. The van der Waals surface area contributed by atoms with Crippen LogP contribution in [-0.2, 0) is 14.3 Å². The molecular weight excluding hydrogens is 144 g/mol. The van der Waals surface area contributed by atoms with Gasteiger partial charge in [-0.1, -0.05) is 0 Å². The van der Waals surface area contributed by atoms with E-state index in [1.807, 2.05) is 0 Å². The minimum absolute atomic E-state index is 0.0325. The molecule has 0 aromatic rings. The second kappa shape index (κ2) is 1.84. The molecule has 0 saturated heterocycles. The minimum atomic E-state index is -0.388. The van der Waals surface area contributed by atoms with Gasteiger partial charge in [-0.3, -0.25) is 4.79 Å². The van der Waals surface area contributed by atoms with Gasteiger partial charge in [0.15, 0.2) is 0 Å². The van der Waals surface area contributed by atoms with Crippen LogP contribution in [0.2, 0.25) is 0 Å². The third kappa shape index (κ3) is 0.549. The van der Waals surface area contributed by atoms with Gasteiger partial charge in [0.05, 0.1) is 12.5 Å². The number of esters is 1. The highest BCUT2D eigenvalue weighted by atomic mass is 16.5. The number of carbonyl (C=O) groups is 2. The van der Waals surface area contributed by atoms with E-state index < -0.39 is 0 Å². The quantitative estimate of drug-likeness (QED) is 0.426. The molecule has 3 aliphatic carbocycles. The molecule has 0 aromatic carbocycles. The molecule has 0 N–H and O–H groups in total. The van der Waals surface area contributed by atoms with Crippen LogP contribution < -0.4 is 0 Å². The lowest BCUT2D eigenvalue weighted by molar-refractivity contribution is -0.213. The fourth-order valence-electron chi connectivity index (χ4n) is 2.28. The van der Waals surface area contributed by atoms with Gasteiger partial charge in [0.2, 0.25) is 0 Å². The Morgan fingerprint density at radius 2 is 2.27 bits per heavy atom. The molecule has 0 aromatic heterocycles. The van der Waals surface area contributed by atoms with Crippen molar-refractivity contribution < 1.29 is 14.3 Å². The summed E-state index contributed by atoms with van der Waals surface area (Å²) in [7, 11) is 1.38. The Balaban J connectivity index is 2.13. The van der Waals surface area contributed by atoms with Gasteiger partial charge in [-0.05, 0) is 18.8 Å². The number of ether oxygens (including phenoxy) is 1. The van der Waals surface area contributed by atoms with Gasteiger partial charge in [-0.2, -0.15) is 0 Å². The van der Waals surface area contributed by atoms with Crippen molar-refractivity contribution >= 4 is 12.3 Å². The Kier molecular flexibility index (Phi) is 1.14. The molecule has 0 spiro atoms. The third-order valence-corrected chi connectivity index (χ3v) is 3.14. The van der Waals surface area contributed by atoms with Gasteiger partial charge in [-0.15, -0.1) is 0 Å². The van der Waals surface area contributed by atoms with Crippen molar-refractivity contribution in [2.24, 2.45) is 17.3 Å². The lowest BCUT2D eigenvalue weighted by atomic mass is 9.38. The second-order valence-electron chi connectivity index (χ2n) is 3.48. The number of carbonyl (C=O) groups excluding carboxylic acids is 2. The van der Waals surface area contributed by atoms with E-state index in [0.29, 0.717) is 5.92 Å². The first kappa shape index (κ1) is 6.83. The highest BCUT2D eigenvalue weighted by Gasteiger charge is 2.70. The summed E-state index contributed by atoms with van der Waals surface area (Å²) in [4.78, 5) is 21.6. The summed E-state index contributed by atoms with van der Waals surface area (Å²) in [5.74, 6) is 0.249. The zero-order valence-corrected chi connectivity index (χ0v) is 6.37. The molecule has 3 saturated carbocycles. The fourth-order valence-corrected chi connectivity index (χ4v) is 2.28. The Morgan fingerprint density at radius 1 is 1.64 bits per heavy atom. The van der Waals surface area contributed by atoms with E-state index in [1.165, 1.54) is 7.11 Å². The second-order valence-corrected chi connectivity index (χ2v) is 3.48. The Hall–Kier alpha value is -0.860. The largest absolute Gasteiger partial charge is 0.469 e. The van der Waals surface area contributed by atoms with Crippen molar-refractivity contribution in [3.8, 4) is 0 Å². The monoisotopic (exact) mass is 154 g/mol. The van der Waals surface area contributed by atoms with Crippen LogP contribution in [0.3, 0.4) is 0 Å². The van der Waals surface area contributed by atoms with E-state index >= 15 is 0 Å². The molecule has 0 aliphatic heterocycles. The number of hydrogen-bond acceptors (Lipinski definition) is 3. The number of methoxy groups -OCH3 is 1. The number of hydrogen-bond donors (Lipinski definition) is 0. The minimum Gasteiger partial charge on any atom is -0.469 e. The summed E-state index contributed by atoms with van der Waals surface area (Å²) in [5.41, 5.74) is -0.388. The van der Waals surface area contributed by atoms with Crippen LogP contribution in [0.4, 0.5) is 0 Å². The van der Waals surface area contributed by atoms with E-state index in [4.69, 9.17) is 0 Å². The summed E-state index contributed by atoms with van der Waals surface area (Å²) >= 11 is 0. The Morgan fingerprint density at radius 3 is 2.55 bits per heavy atom. The summed E-state index contributed by atoms with van der Waals surface area (Å²) < 4.78 is 4.63. The first-order chi connectivity index (χ1) is 5.24. The maximum atomic E-state index is 11.1. The summed E-state index contributed by atoms with van der Waals surface area (Å²) in [5, 5.41) is 0. The van der Waals surface area contributed by atoms with Gasteiger partial charge >= 0.3 is 5.97 Å². The first-order valence-corrected chi connectivity index (χ1v) is 3.78. The van der Waals surface area contributed by atoms with E-state index in [2.05, 4.69) is 4.74 Å². The predicted octanol–water partition coefficient (Wildman–Crippen LogP) is 0.384. The molecule has 60 valence electrons. The maximum absolute atomic E-state index is 11.1. The summed E-state index contributed by atoms with van der Waals surface area (Å²) in [6.07, 6.45) is 2.63. The van der Waals surface area contributed by atoms with Crippen molar-refractivity contribution in [3.05, 3.63) is 0 Å². The van der Waals surface area contributed by atoms with Crippen LogP contribution in [0.5, 0.6) is 0 Å². The van der Waals surface area contributed by atoms with E-state index in [9.17, 15) is 9.59 Å². The molecule has 0 amide bonds. The molecule has 3 heteroatoms. The van der Waals surface area contributed by atoms with Crippen molar-refractivity contribution in [1.29, 1.82) is 0 Å². The van der Waals surface area contributed by atoms with Gasteiger partial charge in [0, 0.05) is 5.92 Å². The van der Waals surface area contributed by atoms with Gasteiger partial charge in [-0.25, -0.2) is 0 Å². The topological polar surface area (TPSA) is 43.4 Å². The Labute approximate surface area is 64.7 Å². The molecule has 1 unspecified atom stereocenters. The molecule has 0 radical (unpaired) electrons. The van der Waals surface area contributed by atoms with Gasteiger partial charge in [0.1, 0.15) is 6.29 Å². The maximum Gasteiger partial charge on any atom is 0.312 e. The van der Waals surface area contributed by atoms with Gasteiger partial charge in [0.25, 0.3) is 0 Å². The molecule has 3 nitrogen and oxygen atoms in total. The number of rotatable bonds is 2. The van der Waals surface area contributed by atoms with E-state index in [1.54, 1.807) is 0 Å². The van der Waals surface area contributed by atoms with Crippen LogP contribution >= 0.6 is 0 Å². The van der Waals surface area contributed by atoms with E-state index in [-0.39, 0.29) is 17.3 Å². The SMILES string of the molecule is COC(=O)C12CC(C1)C2C=O. The molecule has 1 atom stereocenters. The highest BCUT2D eigenvalue weighted by molar-refractivity contribution is 5.86. The Bertz CT molecular complexity index is 215. The normalized spacial score (nSPS) is 45.2. The van der Waals surface area contributed by atoms with Crippen LogP contribution in [0.1, 0.15) is 12.8 Å². The fraction of sp³-hybridized carbons (Fsp3) is 0.750. The van der Waals surface area contributed by atoms with Crippen molar-refractivity contribution in [3.63, 3.8) is 0 Å². The summed E-state index contributed by atoms with van der Waals surface area (Å²) in [6, 6.07) is 0. The van der Waals surface area contributed by atoms with Crippen LogP contribution in [0, 0.1) is 17.3 Å². The first-order valence-electron chi connectivity index (χ1n) is 3.78. The molecule has 3 fully saturated rings. The van der Waals surface area contributed by atoms with E-state index in [0.717, 1.165) is 19.1 Å². The third-order valence-electron chi connectivity index (χ3n) is 3.14. The van der Waals surface area contributed by atoms with Crippen LogP contribution in [-0.4, -0.2) is 19.4 Å². The van der Waals surface area contributed by atoms with Crippen molar-refractivity contribution in [2.75, 3.05) is 7.11 Å². The van der Waals surface area contributed by atoms with Crippen LogP contribution in [0.15, 0.2) is 0 Å². The van der Waals surface area contributed by atoms with Gasteiger partial charge < -0.3 is 9.53 Å². The average molecular weight is 154 g/mol. The standard InChI is InChI=1S/C8H10O3/c1-11-7(10)8-2-5(3-8)6(8)4-9/h4-6H,2-3H2,1H3. The zero-order chi connectivity index (χ0) is 8.06.